The lowest BCUT2D eigenvalue weighted by atomic mass is 10.1. The normalized spacial score (nSPS) is 10.9. The third kappa shape index (κ3) is 1.91. The molecule has 0 N–H and O–H groups in total. The van der Waals surface area contributed by atoms with E-state index >= 15 is 0 Å². The van der Waals surface area contributed by atoms with Crippen molar-refractivity contribution in [1.29, 1.82) is 0 Å². The predicted molar refractivity (Wildman–Crippen MR) is 67.8 cm³/mol. The van der Waals surface area contributed by atoms with E-state index in [1.54, 1.807) is 0 Å². The highest BCUT2D eigenvalue weighted by molar-refractivity contribution is 5.81. The van der Waals surface area contributed by atoms with E-state index in [-0.39, 0.29) is 0 Å². The van der Waals surface area contributed by atoms with Crippen LogP contribution in [0.4, 0.5) is 0 Å². The van der Waals surface area contributed by atoms with Gasteiger partial charge in [0.25, 0.3) is 0 Å². The number of fused-ring (bicyclic) bond motifs is 1. The molecule has 84 valence electrons. The van der Waals surface area contributed by atoms with Gasteiger partial charge in [0.15, 0.2) is 0 Å². The van der Waals surface area contributed by atoms with Gasteiger partial charge < -0.3 is 0 Å². The number of para-hydroxylation sites is 1. The minimum atomic E-state index is 0.766. The molecule has 17 heavy (non-hydrogen) atoms. The van der Waals surface area contributed by atoms with Crippen LogP contribution in [0, 0.1) is 6.92 Å². The molecule has 0 amide bonds. The van der Waals surface area contributed by atoms with Gasteiger partial charge in [-0.2, -0.15) is 5.10 Å². The molecule has 0 unspecified atom stereocenters. The second-order valence-electron chi connectivity index (χ2n) is 4.15. The van der Waals surface area contributed by atoms with Crippen molar-refractivity contribution in [2.45, 2.75) is 13.5 Å². The molecule has 0 aliphatic heterocycles. The SMILES string of the molecule is Cc1ccn(Cc2cccc3cccnc23)n1. The molecule has 0 aliphatic rings. The molecule has 3 rings (SSSR count). The fourth-order valence-electron chi connectivity index (χ4n) is 2.02. The zero-order valence-corrected chi connectivity index (χ0v) is 9.67. The van der Waals surface area contributed by atoms with E-state index in [9.17, 15) is 0 Å². The fourth-order valence-corrected chi connectivity index (χ4v) is 2.02. The molecule has 0 bridgehead atoms. The molecule has 0 spiro atoms. The monoisotopic (exact) mass is 223 g/mol. The predicted octanol–water partition coefficient (Wildman–Crippen LogP) is 2.79. The Morgan fingerprint density at radius 1 is 1.12 bits per heavy atom. The number of nitrogens with zero attached hydrogens (tertiary/aromatic N) is 3. The first kappa shape index (κ1) is 10.0. The zero-order chi connectivity index (χ0) is 11.7. The Bertz CT molecular complexity index is 650. The highest BCUT2D eigenvalue weighted by atomic mass is 15.3. The minimum absolute atomic E-state index is 0.766. The first-order valence-electron chi connectivity index (χ1n) is 5.65. The Morgan fingerprint density at radius 3 is 2.82 bits per heavy atom. The summed E-state index contributed by atoms with van der Waals surface area (Å²) >= 11 is 0. The lowest BCUT2D eigenvalue weighted by molar-refractivity contribution is 0.682. The van der Waals surface area contributed by atoms with Crippen LogP contribution in [0.1, 0.15) is 11.3 Å². The summed E-state index contributed by atoms with van der Waals surface area (Å²) < 4.78 is 1.94. The van der Waals surface area contributed by atoms with E-state index < -0.39 is 0 Å². The Labute approximate surface area is 99.7 Å². The van der Waals surface area contributed by atoms with Gasteiger partial charge in [-0.05, 0) is 24.6 Å². The van der Waals surface area contributed by atoms with E-state index in [1.807, 2.05) is 36.1 Å². The van der Waals surface area contributed by atoms with Crippen LogP contribution in [0.15, 0.2) is 48.8 Å². The maximum Gasteiger partial charge on any atom is 0.0752 e. The van der Waals surface area contributed by atoms with E-state index in [1.165, 1.54) is 10.9 Å². The molecule has 0 saturated heterocycles. The average Bonchev–Trinajstić information content (AvgIpc) is 2.75. The number of hydrogen-bond donors (Lipinski definition) is 0. The Morgan fingerprint density at radius 2 is 2.00 bits per heavy atom. The molecule has 0 aliphatic carbocycles. The molecule has 0 saturated carbocycles. The van der Waals surface area contributed by atoms with Crippen LogP contribution in [0.2, 0.25) is 0 Å². The third-order valence-corrected chi connectivity index (χ3v) is 2.82. The number of hydrogen-bond acceptors (Lipinski definition) is 2. The maximum atomic E-state index is 4.44. The minimum Gasteiger partial charge on any atom is -0.268 e. The highest BCUT2D eigenvalue weighted by Crippen LogP contribution is 2.16. The average molecular weight is 223 g/mol. The number of aryl methyl sites for hydroxylation is 1. The summed E-state index contributed by atoms with van der Waals surface area (Å²) in [6, 6.07) is 12.3. The van der Waals surface area contributed by atoms with Crippen molar-refractivity contribution in [2.24, 2.45) is 0 Å². The molecule has 0 fully saturated rings. The van der Waals surface area contributed by atoms with Crippen molar-refractivity contribution in [3.8, 4) is 0 Å². The van der Waals surface area contributed by atoms with Crippen LogP contribution < -0.4 is 0 Å². The third-order valence-electron chi connectivity index (χ3n) is 2.82. The molecule has 2 aromatic heterocycles. The fraction of sp³-hybridized carbons (Fsp3) is 0.143. The second kappa shape index (κ2) is 4.01. The number of pyridine rings is 1. The molecule has 3 aromatic rings. The summed E-state index contributed by atoms with van der Waals surface area (Å²) in [7, 11) is 0. The molecule has 0 radical (unpaired) electrons. The van der Waals surface area contributed by atoms with E-state index in [0.29, 0.717) is 0 Å². The van der Waals surface area contributed by atoms with Gasteiger partial charge in [0.1, 0.15) is 0 Å². The van der Waals surface area contributed by atoms with Crippen LogP contribution >= 0.6 is 0 Å². The maximum absolute atomic E-state index is 4.44. The van der Waals surface area contributed by atoms with E-state index in [0.717, 1.165) is 17.8 Å². The van der Waals surface area contributed by atoms with Crippen molar-refractivity contribution >= 4 is 10.9 Å². The van der Waals surface area contributed by atoms with Crippen LogP contribution in [0.3, 0.4) is 0 Å². The van der Waals surface area contributed by atoms with Crippen molar-refractivity contribution in [2.75, 3.05) is 0 Å². The van der Waals surface area contributed by atoms with Gasteiger partial charge in [0.2, 0.25) is 0 Å². The van der Waals surface area contributed by atoms with Crippen molar-refractivity contribution < 1.29 is 0 Å². The van der Waals surface area contributed by atoms with Crippen LogP contribution in [-0.4, -0.2) is 14.8 Å². The molecule has 3 heteroatoms. The summed E-state index contributed by atoms with van der Waals surface area (Å²) in [4.78, 5) is 4.44. The van der Waals surface area contributed by atoms with Gasteiger partial charge >= 0.3 is 0 Å². The van der Waals surface area contributed by atoms with Gasteiger partial charge in [-0.25, -0.2) is 0 Å². The molecule has 2 heterocycles. The Hall–Kier alpha value is -2.16. The van der Waals surface area contributed by atoms with Gasteiger partial charge in [0, 0.05) is 17.8 Å². The lowest BCUT2D eigenvalue weighted by Crippen LogP contribution is -2.01. The van der Waals surface area contributed by atoms with E-state index in [2.05, 4.69) is 34.3 Å². The first-order chi connectivity index (χ1) is 8.33. The Balaban J connectivity index is 2.05. The summed E-state index contributed by atoms with van der Waals surface area (Å²) in [6.45, 7) is 2.76. The molecule has 3 nitrogen and oxygen atoms in total. The van der Waals surface area contributed by atoms with Gasteiger partial charge in [-0.3, -0.25) is 9.67 Å². The highest BCUT2D eigenvalue weighted by Gasteiger charge is 2.02. The standard InChI is InChI=1S/C14H13N3/c1-11-7-9-17(16-11)10-13-5-2-4-12-6-3-8-15-14(12)13/h2-9H,10H2,1H3. The number of rotatable bonds is 2. The summed E-state index contributed by atoms with van der Waals surface area (Å²) in [6.07, 6.45) is 3.83. The van der Waals surface area contributed by atoms with Crippen molar-refractivity contribution in [3.05, 3.63) is 60.0 Å². The number of benzene rings is 1. The van der Waals surface area contributed by atoms with E-state index in [4.69, 9.17) is 0 Å². The Kier molecular flexibility index (Phi) is 2.37. The van der Waals surface area contributed by atoms with Crippen LogP contribution in [0.5, 0.6) is 0 Å². The molecule has 1 aromatic carbocycles. The van der Waals surface area contributed by atoms with Crippen molar-refractivity contribution in [3.63, 3.8) is 0 Å². The second-order valence-corrected chi connectivity index (χ2v) is 4.15. The summed E-state index contributed by atoms with van der Waals surface area (Å²) in [5.74, 6) is 0. The molecular weight excluding hydrogens is 210 g/mol. The molecular formula is C14H13N3. The quantitative estimate of drug-likeness (QED) is 0.668. The van der Waals surface area contributed by atoms with Crippen molar-refractivity contribution in [1.82, 2.24) is 14.8 Å². The van der Waals surface area contributed by atoms with Gasteiger partial charge in [0.05, 0.1) is 17.8 Å². The zero-order valence-electron chi connectivity index (χ0n) is 9.67. The van der Waals surface area contributed by atoms with Crippen LogP contribution in [0.25, 0.3) is 10.9 Å². The topological polar surface area (TPSA) is 30.7 Å². The van der Waals surface area contributed by atoms with Crippen LogP contribution in [-0.2, 0) is 6.54 Å². The first-order valence-corrected chi connectivity index (χ1v) is 5.65. The van der Waals surface area contributed by atoms with Gasteiger partial charge in [-0.1, -0.05) is 24.3 Å². The largest absolute Gasteiger partial charge is 0.268 e. The number of aromatic nitrogens is 3. The summed E-state index contributed by atoms with van der Waals surface area (Å²) in [5.41, 5.74) is 3.30. The summed E-state index contributed by atoms with van der Waals surface area (Å²) in [5, 5.41) is 5.58. The van der Waals surface area contributed by atoms with Gasteiger partial charge in [-0.15, -0.1) is 0 Å². The molecule has 0 atom stereocenters. The lowest BCUT2D eigenvalue weighted by Gasteiger charge is -2.05. The smallest absolute Gasteiger partial charge is 0.0752 e.